The molecule has 1 aromatic rings. The lowest BCUT2D eigenvalue weighted by molar-refractivity contribution is -0.134. The SMILES string of the molecule is CCCC(=O)Oc1cccc(C(=O)O)c1C(=O)O. The minimum absolute atomic E-state index is 0.135. The van der Waals surface area contributed by atoms with Crippen molar-refractivity contribution in [2.24, 2.45) is 0 Å². The molecule has 96 valence electrons. The van der Waals surface area contributed by atoms with E-state index in [-0.39, 0.29) is 12.2 Å². The lowest BCUT2D eigenvalue weighted by Crippen LogP contribution is -2.14. The highest BCUT2D eigenvalue weighted by molar-refractivity contribution is 6.04. The molecule has 0 radical (unpaired) electrons. The van der Waals surface area contributed by atoms with E-state index in [1.165, 1.54) is 12.1 Å². The predicted molar refractivity (Wildman–Crippen MR) is 60.9 cm³/mol. The van der Waals surface area contributed by atoms with Gasteiger partial charge in [0.2, 0.25) is 0 Å². The molecular weight excluding hydrogens is 240 g/mol. The van der Waals surface area contributed by atoms with E-state index in [0.717, 1.165) is 6.07 Å². The zero-order valence-corrected chi connectivity index (χ0v) is 9.67. The molecule has 6 nitrogen and oxygen atoms in total. The van der Waals surface area contributed by atoms with Gasteiger partial charge in [0, 0.05) is 6.42 Å². The van der Waals surface area contributed by atoms with Crippen LogP contribution in [0.25, 0.3) is 0 Å². The summed E-state index contributed by atoms with van der Waals surface area (Å²) in [6.07, 6.45) is 0.691. The number of hydrogen-bond acceptors (Lipinski definition) is 4. The summed E-state index contributed by atoms with van der Waals surface area (Å²) in [6.45, 7) is 1.77. The Morgan fingerprint density at radius 2 is 1.83 bits per heavy atom. The van der Waals surface area contributed by atoms with Crippen molar-refractivity contribution in [2.45, 2.75) is 19.8 Å². The van der Waals surface area contributed by atoms with Gasteiger partial charge in [0.05, 0.1) is 5.56 Å². The van der Waals surface area contributed by atoms with E-state index in [0.29, 0.717) is 6.42 Å². The number of rotatable bonds is 5. The lowest BCUT2D eigenvalue weighted by atomic mass is 10.1. The van der Waals surface area contributed by atoms with Crippen LogP contribution in [0.4, 0.5) is 0 Å². The van der Waals surface area contributed by atoms with E-state index in [4.69, 9.17) is 14.9 Å². The predicted octanol–water partition coefficient (Wildman–Crippen LogP) is 1.79. The molecule has 0 bridgehead atoms. The van der Waals surface area contributed by atoms with Crippen LogP contribution in [0.1, 0.15) is 40.5 Å². The van der Waals surface area contributed by atoms with Gasteiger partial charge in [0.1, 0.15) is 11.3 Å². The van der Waals surface area contributed by atoms with Crippen molar-refractivity contribution < 1.29 is 29.3 Å². The second kappa shape index (κ2) is 5.81. The van der Waals surface area contributed by atoms with E-state index < -0.39 is 29.0 Å². The van der Waals surface area contributed by atoms with E-state index in [1.54, 1.807) is 6.92 Å². The molecule has 6 heteroatoms. The summed E-state index contributed by atoms with van der Waals surface area (Å²) in [5, 5.41) is 17.9. The highest BCUT2D eigenvalue weighted by Gasteiger charge is 2.22. The van der Waals surface area contributed by atoms with Crippen LogP contribution < -0.4 is 4.74 Å². The van der Waals surface area contributed by atoms with Gasteiger partial charge in [-0.05, 0) is 18.6 Å². The monoisotopic (exact) mass is 252 g/mol. The van der Waals surface area contributed by atoms with Gasteiger partial charge in [0.25, 0.3) is 0 Å². The molecule has 1 aromatic carbocycles. The zero-order chi connectivity index (χ0) is 13.7. The molecule has 2 N–H and O–H groups in total. The van der Waals surface area contributed by atoms with Gasteiger partial charge in [-0.15, -0.1) is 0 Å². The summed E-state index contributed by atoms with van der Waals surface area (Å²) >= 11 is 0. The molecule has 0 fully saturated rings. The quantitative estimate of drug-likeness (QED) is 0.612. The van der Waals surface area contributed by atoms with Crippen molar-refractivity contribution in [1.29, 1.82) is 0 Å². The van der Waals surface area contributed by atoms with Crippen LogP contribution in [0.5, 0.6) is 5.75 Å². The van der Waals surface area contributed by atoms with E-state index >= 15 is 0 Å². The third-order valence-electron chi connectivity index (χ3n) is 2.15. The molecule has 0 heterocycles. The molecule has 0 aliphatic carbocycles. The lowest BCUT2D eigenvalue weighted by Gasteiger charge is -2.09. The fourth-order valence-electron chi connectivity index (χ4n) is 1.39. The van der Waals surface area contributed by atoms with Crippen LogP contribution in [-0.4, -0.2) is 28.1 Å². The average Bonchev–Trinajstić information content (AvgIpc) is 2.28. The Bertz CT molecular complexity index is 491. The second-order valence-corrected chi connectivity index (χ2v) is 3.51. The van der Waals surface area contributed by atoms with Gasteiger partial charge in [-0.3, -0.25) is 4.79 Å². The number of benzene rings is 1. The first-order valence-corrected chi connectivity index (χ1v) is 5.27. The number of esters is 1. The Balaban J connectivity index is 3.19. The van der Waals surface area contributed by atoms with Crippen LogP contribution in [0, 0.1) is 0 Å². The second-order valence-electron chi connectivity index (χ2n) is 3.51. The Labute approximate surface area is 103 Å². The molecule has 18 heavy (non-hydrogen) atoms. The smallest absolute Gasteiger partial charge is 0.340 e. The summed E-state index contributed by atoms with van der Waals surface area (Å²) in [5.74, 6) is -3.68. The van der Waals surface area contributed by atoms with Gasteiger partial charge in [-0.1, -0.05) is 13.0 Å². The molecular formula is C12H12O6. The maximum absolute atomic E-state index is 11.3. The topological polar surface area (TPSA) is 101 Å². The number of carboxylic acids is 2. The molecule has 0 atom stereocenters. The van der Waals surface area contributed by atoms with Crippen LogP contribution in [0.2, 0.25) is 0 Å². The molecule has 0 unspecified atom stereocenters. The molecule has 1 rings (SSSR count). The molecule has 0 saturated carbocycles. The summed E-state index contributed by atoms with van der Waals surface area (Å²) in [5.41, 5.74) is -0.932. The first kappa shape index (κ1) is 13.7. The molecule has 0 spiro atoms. The van der Waals surface area contributed by atoms with Gasteiger partial charge in [-0.25, -0.2) is 9.59 Å². The Hall–Kier alpha value is -2.37. The third-order valence-corrected chi connectivity index (χ3v) is 2.15. The average molecular weight is 252 g/mol. The molecule has 0 amide bonds. The third kappa shape index (κ3) is 3.07. The number of aromatic carboxylic acids is 2. The van der Waals surface area contributed by atoms with Crippen LogP contribution in [-0.2, 0) is 4.79 Å². The van der Waals surface area contributed by atoms with Crippen molar-refractivity contribution in [3.8, 4) is 5.75 Å². The van der Waals surface area contributed by atoms with Crippen molar-refractivity contribution >= 4 is 17.9 Å². The summed E-state index contributed by atoms with van der Waals surface area (Å²) in [4.78, 5) is 33.2. The van der Waals surface area contributed by atoms with Crippen molar-refractivity contribution in [1.82, 2.24) is 0 Å². The molecule has 0 aliphatic rings. The van der Waals surface area contributed by atoms with Gasteiger partial charge in [-0.2, -0.15) is 0 Å². The summed E-state index contributed by atoms with van der Waals surface area (Å²) < 4.78 is 4.85. The number of carboxylic acid groups (broad SMARTS) is 2. The van der Waals surface area contributed by atoms with Crippen LogP contribution >= 0.6 is 0 Å². The first-order chi connectivity index (χ1) is 8.47. The molecule has 0 saturated heterocycles. The van der Waals surface area contributed by atoms with Gasteiger partial charge < -0.3 is 14.9 Å². The normalized spacial score (nSPS) is 9.83. The van der Waals surface area contributed by atoms with E-state index in [1.807, 2.05) is 0 Å². The van der Waals surface area contributed by atoms with Crippen molar-refractivity contribution in [2.75, 3.05) is 0 Å². The summed E-state index contributed by atoms with van der Waals surface area (Å²) in [7, 11) is 0. The Morgan fingerprint density at radius 1 is 1.17 bits per heavy atom. The van der Waals surface area contributed by atoms with Crippen molar-refractivity contribution in [3.63, 3.8) is 0 Å². The van der Waals surface area contributed by atoms with Crippen molar-refractivity contribution in [3.05, 3.63) is 29.3 Å². The fourth-order valence-corrected chi connectivity index (χ4v) is 1.39. The van der Waals surface area contributed by atoms with Crippen LogP contribution in [0.15, 0.2) is 18.2 Å². The fraction of sp³-hybridized carbons (Fsp3) is 0.250. The number of hydrogen-bond donors (Lipinski definition) is 2. The standard InChI is InChI=1S/C12H12O6/c1-2-4-9(13)18-8-6-3-5-7(11(14)15)10(8)12(16)17/h3,5-6H,2,4H2,1H3,(H,14,15)(H,16,17). The van der Waals surface area contributed by atoms with Gasteiger partial charge >= 0.3 is 17.9 Å². The van der Waals surface area contributed by atoms with Gasteiger partial charge in [0.15, 0.2) is 0 Å². The minimum atomic E-state index is -1.45. The molecule has 0 aromatic heterocycles. The van der Waals surface area contributed by atoms with E-state index in [9.17, 15) is 14.4 Å². The van der Waals surface area contributed by atoms with E-state index in [2.05, 4.69) is 0 Å². The highest BCUT2D eigenvalue weighted by atomic mass is 16.5. The highest BCUT2D eigenvalue weighted by Crippen LogP contribution is 2.23. The zero-order valence-electron chi connectivity index (χ0n) is 9.67. The molecule has 0 aliphatic heterocycles. The largest absolute Gasteiger partial charge is 0.478 e. The Kier molecular flexibility index (Phi) is 4.42. The maximum atomic E-state index is 11.3. The number of carbonyl (C=O) groups excluding carboxylic acids is 1. The minimum Gasteiger partial charge on any atom is -0.478 e. The van der Waals surface area contributed by atoms with Crippen LogP contribution in [0.3, 0.4) is 0 Å². The first-order valence-electron chi connectivity index (χ1n) is 5.27. The number of carbonyl (C=O) groups is 3. The number of ether oxygens (including phenoxy) is 1. The maximum Gasteiger partial charge on any atom is 0.340 e. The summed E-state index contributed by atoms with van der Waals surface area (Å²) in [6, 6.07) is 3.72. The Morgan fingerprint density at radius 3 is 2.33 bits per heavy atom.